The van der Waals surface area contributed by atoms with Crippen molar-refractivity contribution in [2.24, 2.45) is 0 Å². The number of carbonyl (C=O) groups is 2. The minimum Gasteiger partial charge on any atom is -0.484 e. The average Bonchev–Trinajstić information content (AvgIpc) is 2.76. The van der Waals surface area contributed by atoms with E-state index >= 15 is 0 Å². The van der Waals surface area contributed by atoms with Crippen molar-refractivity contribution in [1.82, 2.24) is 9.80 Å². The number of hydrogen-bond acceptors (Lipinski definition) is 5. The number of amides is 1. The average molecular weight is 429 g/mol. The Kier molecular flexibility index (Phi) is 7.63. The van der Waals surface area contributed by atoms with E-state index in [9.17, 15) is 14.0 Å². The number of hydrogen-bond donors (Lipinski definition) is 0. The van der Waals surface area contributed by atoms with Gasteiger partial charge < -0.3 is 14.4 Å². The molecule has 2 atom stereocenters. The van der Waals surface area contributed by atoms with Crippen molar-refractivity contribution in [3.63, 3.8) is 0 Å². The molecule has 0 aromatic heterocycles. The number of nitrogens with zero attached hydrogens (tertiary/aromatic N) is 2. The quantitative estimate of drug-likeness (QED) is 0.632. The van der Waals surface area contributed by atoms with Crippen molar-refractivity contribution in [1.29, 1.82) is 0 Å². The lowest BCUT2D eigenvalue weighted by molar-refractivity contribution is -0.139. The molecule has 3 rings (SSSR count). The number of benzene rings is 2. The van der Waals surface area contributed by atoms with Gasteiger partial charge in [-0.25, -0.2) is 9.18 Å². The lowest BCUT2D eigenvalue weighted by Gasteiger charge is -2.44. The Morgan fingerprint density at radius 1 is 1.06 bits per heavy atom. The molecule has 166 valence electrons. The molecule has 1 saturated heterocycles. The Balaban J connectivity index is 1.55. The van der Waals surface area contributed by atoms with E-state index in [0.717, 1.165) is 12.1 Å². The smallest absolute Gasteiger partial charge is 0.338 e. The van der Waals surface area contributed by atoms with Crippen molar-refractivity contribution in [3.8, 4) is 5.75 Å². The van der Waals surface area contributed by atoms with E-state index in [1.54, 1.807) is 43.3 Å². The Morgan fingerprint density at radius 3 is 2.52 bits per heavy atom. The number of piperazine rings is 1. The predicted octanol–water partition coefficient (Wildman–Crippen LogP) is 3.50. The largest absolute Gasteiger partial charge is 0.484 e. The molecule has 1 fully saturated rings. The fourth-order valence-electron chi connectivity index (χ4n) is 3.75. The van der Waals surface area contributed by atoms with Gasteiger partial charge in [0, 0.05) is 31.7 Å². The standard InChI is InChI=1S/C24H29FN2O4/c1-4-30-24(29)20-6-5-7-22(12-20)31-16-23(28)27-14-17(2)26(13-18(27)3)15-19-8-10-21(25)11-9-19/h5-12,17-18H,4,13-16H2,1-3H3. The molecule has 0 saturated carbocycles. The number of ether oxygens (including phenoxy) is 2. The van der Waals surface area contributed by atoms with Crippen molar-refractivity contribution >= 4 is 11.9 Å². The molecule has 0 spiro atoms. The molecule has 1 heterocycles. The second-order valence-electron chi connectivity index (χ2n) is 7.84. The lowest BCUT2D eigenvalue weighted by Crippen LogP contribution is -2.58. The number of esters is 1. The second kappa shape index (κ2) is 10.4. The van der Waals surface area contributed by atoms with E-state index in [4.69, 9.17) is 9.47 Å². The summed E-state index contributed by atoms with van der Waals surface area (Å²) in [6.45, 7) is 8.08. The number of carbonyl (C=O) groups excluding carboxylic acids is 2. The van der Waals surface area contributed by atoms with Crippen LogP contribution >= 0.6 is 0 Å². The first-order valence-corrected chi connectivity index (χ1v) is 10.5. The highest BCUT2D eigenvalue weighted by Gasteiger charge is 2.32. The topological polar surface area (TPSA) is 59.1 Å². The SMILES string of the molecule is CCOC(=O)c1cccc(OCC(=O)N2CC(C)N(Cc3ccc(F)cc3)CC2C)c1. The van der Waals surface area contributed by atoms with Gasteiger partial charge >= 0.3 is 5.97 Å². The molecule has 2 unspecified atom stereocenters. The first-order valence-electron chi connectivity index (χ1n) is 10.5. The van der Waals surface area contributed by atoms with Crippen molar-refractivity contribution in [2.75, 3.05) is 26.3 Å². The van der Waals surface area contributed by atoms with Crippen LogP contribution in [0.4, 0.5) is 4.39 Å². The number of rotatable bonds is 7. The Hall–Kier alpha value is -2.93. The van der Waals surface area contributed by atoms with Crippen LogP contribution < -0.4 is 4.74 Å². The summed E-state index contributed by atoms with van der Waals surface area (Å²) < 4.78 is 23.8. The fraction of sp³-hybridized carbons (Fsp3) is 0.417. The Morgan fingerprint density at radius 2 is 1.81 bits per heavy atom. The highest BCUT2D eigenvalue weighted by atomic mass is 19.1. The van der Waals surface area contributed by atoms with Crippen LogP contribution in [-0.4, -0.2) is 60.1 Å². The highest BCUT2D eigenvalue weighted by molar-refractivity contribution is 5.89. The first kappa shape index (κ1) is 22.7. The summed E-state index contributed by atoms with van der Waals surface area (Å²) in [5, 5.41) is 0. The van der Waals surface area contributed by atoms with E-state index in [1.165, 1.54) is 12.1 Å². The van der Waals surface area contributed by atoms with Crippen LogP contribution in [0.15, 0.2) is 48.5 Å². The highest BCUT2D eigenvalue weighted by Crippen LogP contribution is 2.20. The van der Waals surface area contributed by atoms with E-state index < -0.39 is 5.97 Å². The van der Waals surface area contributed by atoms with Crippen molar-refractivity contribution in [3.05, 3.63) is 65.5 Å². The maximum Gasteiger partial charge on any atom is 0.338 e. The van der Waals surface area contributed by atoms with Crippen LogP contribution in [0.1, 0.15) is 36.7 Å². The fourth-order valence-corrected chi connectivity index (χ4v) is 3.75. The molecule has 0 bridgehead atoms. The minimum atomic E-state index is -0.418. The summed E-state index contributed by atoms with van der Waals surface area (Å²) in [6, 6.07) is 13.4. The van der Waals surface area contributed by atoms with Gasteiger partial charge in [-0.05, 0) is 56.7 Å². The molecule has 31 heavy (non-hydrogen) atoms. The third-order valence-corrected chi connectivity index (χ3v) is 5.44. The molecule has 6 nitrogen and oxygen atoms in total. The summed E-state index contributed by atoms with van der Waals surface area (Å²) in [5.41, 5.74) is 1.44. The van der Waals surface area contributed by atoms with Crippen LogP contribution in [0.25, 0.3) is 0 Å². The van der Waals surface area contributed by atoms with Crippen molar-refractivity contribution < 1.29 is 23.5 Å². The summed E-state index contributed by atoms with van der Waals surface area (Å²) in [6.07, 6.45) is 0. The van der Waals surface area contributed by atoms with E-state index in [2.05, 4.69) is 11.8 Å². The monoisotopic (exact) mass is 428 g/mol. The van der Waals surface area contributed by atoms with Gasteiger partial charge in [0.1, 0.15) is 11.6 Å². The van der Waals surface area contributed by atoms with Gasteiger partial charge in [0.15, 0.2) is 6.61 Å². The lowest BCUT2D eigenvalue weighted by atomic mass is 10.1. The molecule has 1 aliphatic rings. The van der Waals surface area contributed by atoms with Crippen LogP contribution in [-0.2, 0) is 16.1 Å². The maximum atomic E-state index is 13.1. The van der Waals surface area contributed by atoms with Gasteiger partial charge in [-0.1, -0.05) is 18.2 Å². The van der Waals surface area contributed by atoms with Gasteiger partial charge in [-0.15, -0.1) is 0 Å². The zero-order valence-electron chi connectivity index (χ0n) is 18.2. The third-order valence-electron chi connectivity index (χ3n) is 5.44. The summed E-state index contributed by atoms with van der Waals surface area (Å²) in [4.78, 5) is 28.8. The summed E-state index contributed by atoms with van der Waals surface area (Å²) in [7, 11) is 0. The molecular formula is C24H29FN2O4. The van der Waals surface area contributed by atoms with Gasteiger partial charge in [0.25, 0.3) is 5.91 Å². The molecule has 7 heteroatoms. The van der Waals surface area contributed by atoms with E-state index in [-0.39, 0.29) is 30.4 Å². The second-order valence-corrected chi connectivity index (χ2v) is 7.84. The third kappa shape index (κ3) is 6.04. The van der Waals surface area contributed by atoms with Crippen LogP contribution in [0.2, 0.25) is 0 Å². The molecule has 0 radical (unpaired) electrons. The molecule has 0 N–H and O–H groups in total. The zero-order valence-corrected chi connectivity index (χ0v) is 18.2. The Bertz CT molecular complexity index is 903. The van der Waals surface area contributed by atoms with Gasteiger partial charge in [0.2, 0.25) is 0 Å². The van der Waals surface area contributed by atoms with Gasteiger partial charge in [-0.3, -0.25) is 9.69 Å². The molecule has 1 amide bonds. The summed E-state index contributed by atoms with van der Waals surface area (Å²) in [5.74, 6) is -0.302. The summed E-state index contributed by atoms with van der Waals surface area (Å²) >= 11 is 0. The molecule has 1 aliphatic heterocycles. The molecular weight excluding hydrogens is 399 g/mol. The van der Waals surface area contributed by atoms with E-state index in [0.29, 0.717) is 31.0 Å². The molecule has 2 aromatic rings. The van der Waals surface area contributed by atoms with Gasteiger partial charge in [-0.2, -0.15) is 0 Å². The van der Waals surface area contributed by atoms with Crippen LogP contribution in [0, 0.1) is 5.82 Å². The first-order chi connectivity index (χ1) is 14.9. The molecule has 2 aromatic carbocycles. The zero-order chi connectivity index (χ0) is 22.4. The normalized spacial score (nSPS) is 19.2. The minimum absolute atomic E-state index is 0.0265. The van der Waals surface area contributed by atoms with Crippen LogP contribution in [0.5, 0.6) is 5.75 Å². The van der Waals surface area contributed by atoms with Crippen molar-refractivity contribution in [2.45, 2.75) is 39.4 Å². The maximum absolute atomic E-state index is 13.1. The number of halogens is 1. The van der Waals surface area contributed by atoms with Crippen LogP contribution in [0.3, 0.4) is 0 Å². The predicted molar refractivity (Wildman–Crippen MR) is 115 cm³/mol. The van der Waals surface area contributed by atoms with E-state index in [1.807, 2.05) is 11.8 Å². The van der Waals surface area contributed by atoms with Gasteiger partial charge in [0.05, 0.1) is 12.2 Å². The molecule has 0 aliphatic carbocycles. The Labute approximate surface area is 182 Å².